The standard InChI is InChI=1S/C20H23N5O/c1-15-8-9-16(12-21)19(23-15)25-11-5-6-17(13-25)20(26)24(2)14-18-7-3-4-10-22-18/h3-4,7-10,17H,5-6,11,13-14H2,1-2H3/t17-/m1/s1. The number of nitrogens with zero attached hydrogens (tertiary/aromatic N) is 5. The molecule has 3 rings (SSSR count). The first-order valence-electron chi connectivity index (χ1n) is 8.86. The van der Waals surface area contributed by atoms with E-state index in [0.717, 1.165) is 30.8 Å². The summed E-state index contributed by atoms with van der Waals surface area (Å²) in [5.41, 5.74) is 2.31. The van der Waals surface area contributed by atoms with Crippen molar-refractivity contribution in [2.24, 2.45) is 5.92 Å². The second kappa shape index (κ2) is 7.96. The van der Waals surface area contributed by atoms with Gasteiger partial charge in [0.2, 0.25) is 5.91 Å². The van der Waals surface area contributed by atoms with Gasteiger partial charge in [0.15, 0.2) is 0 Å². The van der Waals surface area contributed by atoms with Crippen molar-refractivity contribution >= 4 is 11.7 Å². The number of anilines is 1. The van der Waals surface area contributed by atoms with Crippen molar-refractivity contribution in [2.45, 2.75) is 26.3 Å². The zero-order valence-electron chi connectivity index (χ0n) is 15.2. The molecule has 0 bridgehead atoms. The van der Waals surface area contributed by atoms with Crippen LogP contribution in [0.3, 0.4) is 0 Å². The fourth-order valence-electron chi connectivity index (χ4n) is 3.37. The van der Waals surface area contributed by atoms with Gasteiger partial charge in [-0.2, -0.15) is 5.26 Å². The molecule has 0 aliphatic carbocycles. The lowest BCUT2D eigenvalue weighted by Crippen LogP contribution is -2.44. The van der Waals surface area contributed by atoms with Gasteiger partial charge in [-0.15, -0.1) is 0 Å². The van der Waals surface area contributed by atoms with E-state index < -0.39 is 0 Å². The number of piperidine rings is 1. The van der Waals surface area contributed by atoms with E-state index in [4.69, 9.17) is 0 Å². The number of rotatable bonds is 4. The minimum absolute atomic E-state index is 0.0914. The van der Waals surface area contributed by atoms with E-state index in [1.807, 2.05) is 38.2 Å². The second-order valence-electron chi connectivity index (χ2n) is 6.74. The predicted octanol–water partition coefficient (Wildman–Crippen LogP) is 2.53. The highest BCUT2D eigenvalue weighted by molar-refractivity contribution is 5.79. The summed E-state index contributed by atoms with van der Waals surface area (Å²) >= 11 is 0. The molecular formula is C20H23N5O. The summed E-state index contributed by atoms with van der Waals surface area (Å²) in [6.07, 6.45) is 3.51. The third-order valence-electron chi connectivity index (χ3n) is 4.71. The van der Waals surface area contributed by atoms with Crippen molar-refractivity contribution in [3.63, 3.8) is 0 Å². The summed E-state index contributed by atoms with van der Waals surface area (Å²) in [6.45, 7) is 3.83. The number of hydrogen-bond acceptors (Lipinski definition) is 5. The van der Waals surface area contributed by atoms with Crippen LogP contribution in [0.1, 0.15) is 29.8 Å². The molecule has 1 aliphatic rings. The van der Waals surface area contributed by atoms with Crippen LogP contribution in [0, 0.1) is 24.2 Å². The highest BCUT2D eigenvalue weighted by atomic mass is 16.2. The lowest BCUT2D eigenvalue weighted by molar-refractivity contribution is -0.135. The van der Waals surface area contributed by atoms with Crippen LogP contribution in [0.15, 0.2) is 36.5 Å². The van der Waals surface area contributed by atoms with Crippen molar-refractivity contribution in [3.8, 4) is 6.07 Å². The molecule has 1 atom stereocenters. The lowest BCUT2D eigenvalue weighted by Gasteiger charge is -2.35. The zero-order valence-corrected chi connectivity index (χ0v) is 15.2. The molecular weight excluding hydrogens is 326 g/mol. The van der Waals surface area contributed by atoms with E-state index in [-0.39, 0.29) is 11.8 Å². The van der Waals surface area contributed by atoms with Crippen LogP contribution < -0.4 is 4.90 Å². The highest BCUT2D eigenvalue weighted by Gasteiger charge is 2.29. The van der Waals surface area contributed by atoms with Crippen LogP contribution in [0.2, 0.25) is 0 Å². The molecule has 2 aromatic heterocycles. The summed E-state index contributed by atoms with van der Waals surface area (Å²) in [5, 5.41) is 9.37. The number of amides is 1. The average molecular weight is 349 g/mol. The van der Waals surface area contributed by atoms with Gasteiger partial charge in [0, 0.05) is 32.0 Å². The van der Waals surface area contributed by atoms with Gasteiger partial charge in [0.1, 0.15) is 11.9 Å². The maximum absolute atomic E-state index is 12.9. The Morgan fingerprint density at radius 2 is 2.23 bits per heavy atom. The molecule has 0 spiro atoms. The molecule has 1 fully saturated rings. The molecule has 3 heterocycles. The fourth-order valence-corrected chi connectivity index (χ4v) is 3.37. The van der Waals surface area contributed by atoms with E-state index in [1.165, 1.54) is 0 Å². The van der Waals surface area contributed by atoms with Crippen molar-refractivity contribution in [3.05, 3.63) is 53.5 Å². The predicted molar refractivity (Wildman–Crippen MR) is 99.3 cm³/mol. The SMILES string of the molecule is Cc1ccc(C#N)c(N2CCC[C@@H](C(=O)N(C)Cc3ccccn3)C2)n1. The van der Waals surface area contributed by atoms with Gasteiger partial charge in [-0.3, -0.25) is 9.78 Å². The molecule has 1 amide bonds. The monoisotopic (exact) mass is 349 g/mol. The van der Waals surface area contributed by atoms with E-state index in [9.17, 15) is 10.1 Å². The number of aryl methyl sites for hydroxylation is 1. The van der Waals surface area contributed by atoms with Crippen molar-refractivity contribution in [1.82, 2.24) is 14.9 Å². The van der Waals surface area contributed by atoms with Crippen LogP contribution >= 0.6 is 0 Å². The van der Waals surface area contributed by atoms with Crippen LogP contribution in [-0.2, 0) is 11.3 Å². The molecule has 1 saturated heterocycles. The van der Waals surface area contributed by atoms with Gasteiger partial charge in [0.25, 0.3) is 0 Å². The third-order valence-corrected chi connectivity index (χ3v) is 4.71. The smallest absolute Gasteiger partial charge is 0.227 e. The van der Waals surface area contributed by atoms with E-state index in [0.29, 0.717) is 24.5 Å². The van der Waals surface area contributed by atoms with E-state index >= 15 is 0 Å². The molecule has 134 valence electrons. The lowest BCUT2D eigenvalue weighted by atomic mass is 9.96. The van der Waals surface area contributed by atoms with Gasteiger partial charge >= 0.3 is 0 Å². The Morgan fingerprint density at radius 3 is 2.96 bits per heavy atom. The second-order valence-corrected chi connectivity index (χ2v) is 6.74. The zero-order chi connectivity index (χ0) is 18.5. The molecule has 6 heteroatoms. The molecule has 26 heavy (non-hydrogen) atoms. The van der Waals surface area contributed by atoms with Crippen LogP contribution in [0.25, 0.3) is 0 Å². The van der Waals surface area contributed by atoms with Crippen molar-refractivity contribution < 1.29 is 4.79 Å². The summed E-state index contributed by atoms with van der Waals surface area (Å²) in [5.74, 6) is 0.718. The molecule has 0 aromatic carbocycles. The maximum atomic E-state index is 12.9. The Kier molecular flexibility index (Phi) is 5.47. The van der Waals surface area contributed by atoms with Gasteiger partial charge in [0.05, 0.1) is 23.7 Å². The Labute approximate surface area is 154 Å². The van der Waals surface area contributed by atoms with Gasteiger partial charge < -0.3 is 9.80 Å². The van der Waals surface area contributed by atoms with Gasteiger partial charge in [-0.05, 0) is 44.0 Å². The van der Waals surface area contributed by atoms with Crippen LogP contribution in [0.5, 0.6) is 0 Å². The van der Waals surface area contributed by atoms with Crippen molar-refractivity contribution in [2.75, 3.05) is 25.0 Å². The van der Waals surface area contributed by atoms with Crippen LogP contribution in [0.4, 0.5) is 5.82 Å². The minimum atomic E-state index is -0.0914. The Balaban J connectivity index is 1.71. The van der Waals surface area contributed by atoms with Gasteiger partial charge in [-0.1, -0.05) is 6.07 Å². The average Bonchev–Trinajstić information content (AvgIpc) is 2.68. The summed E-state index contributed by atoms with van der Waals surface area (Å²) in [4.78, 5) is 25.5. The number of nitriles is 1. The summed E-state index contributed by atoms with van der Waals surface area (Å²) in [6, 6.07) is 11.6. The molecule has 0 saturated carbocycles. The number of aromatic nitrogens is 2. The molecule has 0 N–H and O–H groups in total. The van der Waals surface area contributed by atoms with Crippen molar-refractivity contribution in [1.29, 1.82) is 5.26 Å². The number of pyridine rings is 2. The van der Waals surface area contributed by atoms with Crippen LogP contribution in [-0.4, -0.2) is 40.9 Å². The largest absolute Gasteiger partial charge is 0.355 e. The normalized spacial score (nSPS) is 16.8. The molecule has 6 nitrogen and oxygen atoms in total. The number of carbonyl (C=O) groups is 1. The van der Waals surface area contributed by atoms with E-state index in [1.54, 1.807) is 17.2 Å². The topological polar surface area (TPSA) is 73.1 Å². The maximum Gasteiger partial charge on any atom is 0.227 e. The Hall–Kier alpha value is -2.94. The highest BCUT2D eigenvalue weighted by Crippen LogP contribution is 2.26. The molecule has 0 radical (unpaired) electrons. The Bertz CT molecular complexity index is 815. The molecule has 1 aliphatic heterocycles. The molecule has 0 unspecified atom stereocenters. The first kappa shape index (κ1) is 17.9. The van der Waals surface area contributed by atoms with Gasteiger partial charge in [-0.25, -0.2) is 4.98 Å². The number of hydrogen-bond donors (Lipinski definition) is 0. The van der Waals surface area contributed by atoms with E-state index in [2.05, 4.69) is 20.9 Å². The molecule has 2 aromatic rings. The first-order chi connectivity index (χ1) is 12.6. The fraction of sp³-hybridized carbons (Fsp3) is 0.400. The first-order valence-corrected chi connectivity index (χ1v) is 8.86. The quantitative estimate of drug-likeness (QED) is 0.848. The summed E-state index contributed by atoms with van der Waals surface area (Å²) in [7, 11) is 1.82. The third kappa shape index (κ3) is 3.99. The number of carbonyl (C=O) groups excluding carboxylic acids is 1. The minimum Gasteiger partial charge on any atom is -0.355 e. The summed E-state index contributed by atoms with van der Waals surface area (Å²) < 4.78 is 0. The Morgan fingerprint density at radius 1 is 1.38 bits per heavy atom.